The monoisotopic (exact) mass is 279 g/mol. The predicted octanol–water partition coefficient (Wildman–Crippen LogP) is 2.52. The lowest BCUT2D eigenvalue weighted by Crippen LogP contribution is -2.04. The Morgan fingerprint density at radius 1 is 1.26 bits per heavy atom. The zero-order valence-electron chi connectivity index (χ0n) is 11.1. The lowest BCUT2D eigenvalue weighted by Gasteiger charge is -2.01. The van der Waals surface area contributed by atoms with Gasteiger partial charge in [-0.25, -0.2) is 0 Å². The van der Waals surface area contributed by atoms with E-state index < -0.39 is 10.1 Å². The van der Waals surface area contributed by atoms with Gasteiger partial charge in [-0.2, -0.15) is 8.42 Å². The van der Waals surface area contributed by atoms with Crippen LogP contribution in [0.15, 0.2) is 46.6 Å². The molecule has 0 N–H and O–H groups in total. The molecule has 4 nitrogen and oxygen atoms in total. The van der Waals surface area contributed by atoms with Crippen LogP contribution in [0.5, 0.6) is 0 Å². The number of hydrogen-bond donors (Lipinski definition) is 0. The van der Waals surface area contributed by atoms with Crippen LogP contribution in [-0.2, 0) is 14.3 Å². The molecule has 102 valence electrons. The van der Waals surface area contributed by atoms with Crippen molar-refractivity contribution in [3.8, 4) is 0 Å². The van der Waals surface area contributed by atoms with Gasteiger partial charge in [-0.1, -0.05) is 30.3 Å². The van der Waals surface area contributed by atoms with E-state index in [0.29, 0.717) is 6.42 Å². The van der Waals surface area contributed by atoms with Gasteiger partial charge >= 0.3 is 0 Å². The summed E-state index contributed by atoms with van der Waals surface area (Å²) >= 11 is 0. The van der Waals surface area contributed by atoms with Crippen LogP contribution < -0.4 is 0 Å². The van der Waals surface area contributed by atoms with E-state index >= 15 is 0 Å². The first kappa shape index (κ1) is 14.0. The van der Waals surface area contributed by atoms with Crippen LogP contribution >= 0.6 is 0 Å². The van der Waals surface area contributed by atoms with E-state index in [1.54, 1.807) is 0 Å². The molecule has 0 spiro atoms. The van der Waals surface area contributed by atoms with Crippen molar-refractivity contribution >= 4 is 15.8 Å². The maximum atomic E-state index is 10.9. The molecule has 1 heterocycles. The van der Waals surface area contributed by atoms with E-state index in [1.165, 1.54) is 5.57 Å². The van der Waals surface area contributed by atoms with Crippen molar-refractivity contribution in [3.63, 3.8) is 0 Å². The summed E-state index contributed by atoms with van der Waals surface area (Å²) in [7, 11) is -3.37. The van der Waals surface area contributed by atoms with E-state index in [4.69, 9.17) is 4.18 Å². The van der Waals surface area contributed by atoms with Gasteiger partial charge in [-0.05, 0) is 18.1 Å². The normalized spacial score (nSPS) is 15.8. The average molecular weight is 279 g/mol. The Balaban J connectivity index is 2.01. The second-order valence-corrected chi connectivity index (χ2v) is 6.25. The number of nitrogens with zero attached hydrogens (tertiary/aromatic N) is 1. The zero-order chi connectivity index (χ0) is 13.9. The minimum atomic E-state index is -3.37. The number of allylic oxidation sites excluding steroid dienone is 1. The van der Waals surface area contributed by atoms with Gasteiger partial charge in [0.1, 0.15) is 0 Å². The zero-order valence-corrected chi connectivity index (χ0v) is 11.9. The van der Waals surface area contributed by atoms with E-state index in [2.05, 4.69) is 4.99 Å². The first-order chi connectivity index (χ1) is 8.96. The van der Waals surface area contributed by atoms with E-state index in [1.807, 2.05) is 37.3 Å². The Hall–Kier alpha value is -1.46. The maximum absolute atomic E-state index is 10.9. The third-order valence-electron chi connectivity index (χ3n) is 2.94. The summed E-state index contributed by atoms with van der Waals surface area (Å²) in [6.45, 7) is 2.17. The Morgan fingerprint density at radius 2 is 1.95 bits per heavy atom. The van der Waals surface area contributed by atoms with Gasteiger partial charge in [0, 0.05) is 18.5 Å². The molecule has 0 amide bonds. The fraction of sp³-hybridized carbons (Fsp3) is 0.357. The minimum Gasteiger partial charge on any atom is -0.270 e. The highest BCUT2D eigenvalue weighted by Gasteiger charge is 2.16. The van der Waals surface area contributed by atoms with Crippen LogP contribution in [0.3, 0.4) is 0 Å². The molecular weight excluding hydrogens is 262 g/mol. The summed E-state index contributed by atoms with van der Waals surface area (Å²) in [6, 6.07) is 10.0. The summed E-state index contributed by atoms with van der Waals surface area (Å²) < 4.78 is 26.5. The molecule has 5 heteroatoms. The Bertz CT molecular complexity index is 615. The molecule has 0 radical (unpaired) electrons. The van der Waals surface area contributed by atoms with Gasteiger partial charge in [0.15, 0.2) is 0 Å². The van der Waals surface area contributed by atoms with E-state index in [9.17, 15) is 8.42 Å². The molecule has 1 aliphatic rings. The lowest BCUT2D eigenvalue weighted by molar-refractivity contribution is 0.325. The SMILES string of the molecule is CC1=C(CCOS(C)(=O)=O)N=C(c2ccccc2)C1. The molecule has 0 aromatic heterocycles. The highest BCUT2D eigenvalue weighted by molar-refractivity contribution is 7.85. The van der Waals surface area contributed by atoms with Crippen LogP contribution in [0.4, 0.5) is 0 Å². The molecule has 0 atom stereocenters. The van der Waals surface area contributed by atoms with Crippen molar-refractivity contribution in [2.24, 2.45) is 4.99 Å². The van der Waals surface area contributed by atoms with Crippen molar-refractivity contribution in [2.75, 3.05) is 12.9 Å². The van der Waals surface area contributed by atoms with Gasteiger partial charge in [-0.3, -0.25) is 9.18 Å². The van der Waals surface area contributed by atoms with Crippen molar-refractivity contribution in [2.45, 2.75) is 19.8 Å². The molecule has 2 rings (SSSR count). The third kappa shape index (κ3) is 4.01. The molecule has 19 heavy (non-hydrogen) atoms. The summed E-state index contributed by atoms with van der Waals surface area (Å²) in [6.07, 6.45) is 2.40. The van der Waals surface area contributed by atoms with Crippen LogP contribution in [0, 0.1) is 0 Å². The number of rotatable bonds is 5. The molecular formula is C14H17NO3S. The quantitative estimate of drug-likeness (QED) is 0.778. The number of hydrogen-bond acceptors (Lipinski definition) is 4. The average Bonchev–Trinajstić information content (AvgIpc) is 2.71. The topological polar surface area (TPSA) is 55.7 Å². The fourth-order valence-corrected chi connectivity index (χ4v) is 2.39. The smallest absolute Gasteiger partial charge is 0.264 e. The third-order valence-corrected chi connectivity index (χ3v) is 3.53. The van der Waals surface area contributed by atoms with Gasteiger partial charge < -0.3 is 0 Å². The Morgan fingerprint density at radius 3 is 2.58 bits per heavy atom. The van der Waals surface area contributed by atoms with Crippen molar-refractivity contribution < 1.29 is 12.6 Å². The molecule has 0 saturated carbocycles. The lowest BCUT2D eigenvalue weighted by atomic mass is 10.0. The molecule has 0 saturated heterocycles. The molecule has 1 aromatic rings. The van der Waals surface area contributed by atoms with Gasteiger partial charge in [0.05, 0.1) is 18.6 Å². The van der Waals surface area contributed by atoms with Crippen molar-refractivity contribution in [1.82, 2.24) is 0 Å². The van der Waals surface area contributed by atoms with E-state index in [-0.39, 0.29) is 6.61 Å². The second-order valence-electron chi connectivity index (χ2n) is 4.60. The van der Waals surface area contributed by atoms with Crippen LogP contribution in [0.1, 0.15) is 25.3 Å². The van der Waals surface area contributed by atoms with Gasteiger partial charge in [0.2, 0.25) is 0 Å². The number of benzene rings is 1. The highest BCUT2D eigenvalue weighted by atomic mass is 32.2. The largest absolute Gasteiger partial charge is 0.270 e. The van der Waals surface area contributed by atoms with Gasteiger partial charge in [0.25, 0.3) is 10.1 Å². The summed E-state index contributed by atoms with van der Waals surface area (Å²) in [5, 5.41) is 0. The van der Waals surface area contributed by atoms with Gasteiger partial charge in [-0.15, -0.1) is 0 Å². The first-order valence-electron chi connectivity index (χ1n) is 6.12. The Labute approximate surface area is 113 Å². The number of aliphatic imine (C=N–C) groups is 1. The molecule has 0 bridgehead atoms. The van der Waals surface area contributed by atoms with Crippen LogP contribution in [-0.4, -0.2) is 27.0 Å². The standard InChI is InChI=1S/C14H17NO3S/c1-11-10-14(12-6-4-3-5-7-12)15-13(11)8-9-18-19(2,16)17/h3-7H,8-10H2,1-2H3. The minimum absolute atomic E-state index is 0.150. The van der Waals surface area contributed by atoms with Crippen LogP contribution in [0.2, 0.25) is 0 Å². The predicted molar refractivity (Wildman–Crippen MR) is 75.7 cm³/mol. The highest BCUT2D eigenvalue weighted by Crippen LogP contribution is 2.25. The molecule has 0 unspecified atom stereocenters. The first-order valence-corrected chi connectivity index (χ1v) is 7.93. The Kier molecular flexibility index (Phi) is 4.17. The maximum Gasteiger partial charge on any atom is 0.264 e. The van der Waals surface area contributed by atoms with E-state index in [0.717, 1.165) is 29.6 Å². The summed E-state index contributed by atoms with van der Waals surface area (Å²) in [4.78, 5) is 4.58. The molecule has 0 fully saturated rings. The second kappa shape index (κ2) is 5.67. The van der Waals surface area contributed by atoms with Crippen molar-refractivity contribution in [1.29, 1.82) is 0 Å². The molecule has 1 aliphatic heterocycles. The van der Waals surface area contributed by atoms with Crippen molar-refractivity contribution in [3.05, 3.63) is 47.2 Å². The summed E-state index contributed by atoms with van der Waals surface area (Å²) in [5.74, 6) is 0. The van der Waals surface area contributed by atoms with Crippen LogP contribution in [0.25, 0.3) is 0 Å². The fourth-order valence-electron chi connectivity index (χ4n) is 2.01. The molecule has 1 aromatic carbocycles. The summed E-state index contributed by atoms with van der Waals surface area (Å²) in [5.41, 5.74) is 4.26. The molecule has 0 aliphatic carbocycles.